The van der Waals surface area contributed by atoms with E-state index in [0.717, 1.165) is 17.7 Å². The maximum absolute atomic E-state index is 12.1. The molecule has 0 bridgehead atoms. The molecule has 28 heavy (non-hydrogen) atoms. The molecule has 1 fully saturated rings. The molecule has 1 saturated heterocycles. The van der Waals surface area contributed by atoms with Crippen molar-refractivity contribution in [1.29, 1.82) is 0 Å². The fourth-order valence-corrected chi connectivity index (χ4v) is 3.09. The average molecular weight is 385 g/mol. The lowest BCUT2D eigenvalue weighted by molar-refractivity contribution is -0.136. The highest BCUT2D eigenvalue weighted by molar-refractivity contribution is 6.39. The second-order valence-corrected chi connectivity index (χ2v) is 6.68. The van der Waals surface area contributed by atoms with Crippen LogP contribution >= 0.6 is 0 Å². The summed E-state index contributed by atoms with van der Waals surface area (Å²) in [5.74, 6) is -1.15. The molecule has 0 saturated carbocycles. The van der Waals surface area contributed by atoms with Gasteiger partial charge in [0.1, 0.15) is 11.9 Å². The van der Waals surface area contributed by atoms with Crippen LogP contribution in [0.1, 0.15) is 36.7 Å². The molecule has 3 amide bonds. The normalized spacial score (nSPS) is 14.8. The molecule has 148 valence electrons. The van der Waals surface area contributed by atoms with Crippen molar-refractivity contribution >= 4 is 29.1 Å². The van der Waals surface area contributed by atoms with Gasteiger partial charge < -0.3 is 25.1 Å². The molecule has 1 atom stereocenters. The van der Waals surface area contributed by atoms with Gasteiger partial charge >= 0.3 is 11.8 Å². The minimum absolute atomic E-state index is 0.0550. The summed E-state index contributed by atoms with van der Waals surface area (Å²) < 4.78 is 5.08. The van der Waals surface area contributed by atoms with Crippen molar-refractivity contribution in [1.82, 2.24) is 5.32 Å². The number of rotatable bonds is 6. The molecule has 0 aliphatic carbocycles. The van der Waals surface area contributed by atoms with Gasteiger partial charge in [-0.05, 0) is 49.6 Å². The molecule has 2 aromatic rings. The second-order valence-electron chi connectivity index (χ2n) is 6.68. The molecule has 2 heterocycles. The second kappa shape index (κ2) is 8.71. The third kappa shape index (κ3) is 4.58. The lowest BCUT2D eigenvalue weighted by atomic mass is 10.1. The highest BCUT2D eigenvalue weighted by Crippen LogP contribution is 2.28. The number of hydrogen-bond acceptors (Lipinski definition) is 5. The molecule has 3 rings (SSSR count). The number of anilines is 2. The summed E-state index contributed by atoms with van der Waals surface area (Å²) in [6, 6.07) is 8.49. The molecule has 0 spiro atoms. The van der Waals surface area contributed by atoms with Gasteiger partial charge in [-0.15, -0.1) is 0 Å². The van der Waals surface area contributed by atoms with E-state index in [9.17, 15) is 19.5 Å². The summed E-state index contributed by atoms with van der Waals surface area (Å²) in [6.07, 6.45) is 2.15. The number of nitrogens with zero attached hydrogens (tertiary/aromatic N) is 1. The predicted molar refractivity (Wildman–Crippen MR) is 103 cm³/mol. The summed E-state index contributed by atoms with van der Waals surface area (Å²) in [7, 11) is 0. The van der Waals surface area contributed by atoms with Gasteiger partial charge in [-0.2, -0.15) is 0 Å². The van der Waals surface area contributed by atoms with Crippen LogP contribution in [0.3, 0.4) is 0 Å². The zero-order valence-electron chi connectivity index (χ0n) is 15.6. The Labute approximate surface area is 162 Å². The van der Waals surface area contributed by atoms with E-state index in [1.807, 2.05) is 6.92 Å². The SMILES string of the molecule is Cc1ccc(NC(=O)C(=O)NCCC(O)c2ccco2)cc1N1CCCC1=O. The zero-order chi connectivity index (χ0) is 20.1. The minimum atomic E-state index is -0.851. The fraction of sp³-hybridized carbons (Fsp3) is 0.350. The van der Waals surface area contributed by atoms with Crippen LogP contribution in [0.2, 0.25) is 0 Å². The smallest absolute Gasteiger partial charge is 0.313 e. The summed E-state index contributed by atoms with van der Waals surface area (Å²) >= 11 is 0. The average Bonchev–Trinajstić information content (AvgIpc) is 3.35. The van der Waals surface area contributed by atoms with Crippen LogP contribution in [0.5, 0.6) is 0 Å². The van der Waals surface area contributed by atoms with E-state index in [-0.39, 0.29) is 18.9 Å². The van der Waals surface area contributed by atoms with Gasteiger partial charge in [0.05, 0.1) is 6.26 Å². The van der Waals surface area contributed by atoms with E-state index in [1.165, 1.54) is 6.26 Å². The van der Waals surface area contributed by atoms with Crippen LogP contribution in [-0.2, 0) is 14.4 Å². The van der Waals surface area contributed by atoms with Crippen LogP contribution in [0.25, 0.3) is 0 Å². The number of amides is 3. The topological polar surface area (TPSA) is 112 Å². The van der Waals surface area contributed by atoms with E-state index in [0.29, 0.717) is 24.4 Å². The molecule has 0 radical (unpaired) electrons. The van der Waals surface area contributed by atoms with Crippen molar-refractivity contribution in [2.24, 2.45) is 0 Å². The summed E-state index contributed by atoms with van der Waals surface area (Å²) in [6.45, 7) is 2.66. The lowest BCUT2D eigenvalue weighted by Crippen LogP contribution is -2.36. The third-order valence-electron chi connectivity index (χ3n) is 4.61. The third-order valence-corrected chi connectivity index (χ3v) is 4.61. The maximum atomic E-state index is 12.1. The Morgan fingerprint density at radius 1 is 1.29 bits per heavy atom. The number of carbonyl (C=O) groups excluding carboxylic acids is 3. The first-order valence-corrected chi connectivity index (χ1v) is 9.17. The molecule has 3 N–H and O–H groups in total. The largest absolute Gasteiger partial charge is 0.467 e. The Bertz CT molecular complexity index is 863. The van der Waals surface area contributed by atoms with Crippen molar-refractivity contribution in [3.63, 3.8) is 0 Å². The first kappa shape index (κ1) is 19.6. The number of furan rings is 1. The quantitative estimate of drug-likeness (QED) is 0.658. The number of hydrogen-bond donors (Lipinski definition) is 3. The summed E-state index contributed by atoms with van der Waals surface area (Å²) in [4.78, 5) is 37.8. The number of benzene rings is 1. The number of aryl methyl sites for hydroxylation is 1. The van der Waals surface area contributed by atoms with Crippen LogP contribution in [-0.4, -0.2) is 35.9 Å². The van der Waals surface area contributed by atoms with Crippen molar-refractivity contribution in [2.45, 2.75) is 32.3 Å². The Hall–Kier alpha value is -3.13. The van der Waals surface area contributed by atoms with Gasteiger partial charge in [-0.25, -0.2) is 0 Å². The Morgan fingerprint density at radius 2 is 2.11 bits per heavy atom. The monoisotopic (exact) mass is 385 g/mol. The Balaban J connectivity index is 1.53. The number of carbonyl (C=O) groups is 3. The van der Waals surface area contributed by atoms with Gasteiger partial charge in [0.25, 0.3) is 0 Å². The molecule has 1 aliphatic rings. The van der Waals surface area contributed by atoms with Gasteiger partial charge in [0.15, 0.2) is 0 Å². The molecule has 1 aromatic heterocycles. The van der Waals surface area contributed by atoms with Crippen molar-refractivity contribution in [2.75, 3.05) is 23.3 Å². The molecule has 8 heteroatoms. The van der Waals surface area contributed by atoms with E-state index >= 15 is 0 Å². The van der Waals surface area contributed by atoms with Gasteiger partial charge in [-0.1, -0.05) is 6.07 Å². The molecule has 1 aromatic carbocycles. The standard InChI is InChI=1S/C20H23N3O5/c1-13-6-7-14(12-15(13)23-10-2-5-18(23)25)22-20(27)19(26)21-9-8-16(24)17-4-3-11-28-17/h3-4,6-7,11-12,16,24H,2,5,8-10H2,1H3,(H,21,26)(H,22,27). The molecular formula is C20H23N3O5. The van der Waals surface area contributed by atoms with Gasteiger partial charge in [0, 0.05) is 30.9 Å². The summed E-state index contributed by atoms with van der Waals surface area (Å²) in [5, 5.41) is 14.9. The fourth-order valence-electron chi connectivity index (χ4n) is 3.09. The van der Waals surface area contributed by atoms with E-state index in [1.54, 1.807) is 35.2 Å². The molecule has 8 nitrogen and oxygen atoms in total. The van der Waals surface area contributed by atoms with E-state index in [2.05, 4.69) is 10.6 Å². The van der Waals surface area contributed by atoms with Gasteiger partial charge in [-0.3, -0.25) is 14.4 Å². The number of aliphatic hydroxyl groups excluding tert-OH is 1. The Morgan fingerprint density at radius 3 is 2.79 bits per heavy atom. The molecule has 1 aliphatic heterocycles. The number of aliphatic hydroxyl groups is 1. The first-order valence-electron chi connectivity index (χ1n) is 9.17. The molecular weight excluding hydrogens is 362 g/mol. The highest BCUT2D eigenvalue weighted by atomic mass is 16.4. The van der Waals surface area contributed by atoms with Crippen molar-refractivity contribution in [3.05, 3.63) is 47.9 Å². The van der Waals surface area contributed by atoms with Crippen molar-refractivity contribution in [3.8, 4) is 0 Å². The van der Waals surface area contributed by atoms with E-state index in [4.69, 9.17) is 4.42 Å². The first-order chi connectivity index (χ1) is 13.5. The van der Waals surface area contributed by atoms with Gasteiger partial charge in [0.2, 0.25) is 5.91 Å². The number of nitrogens with one attached hydrogen (secondary N) is 2. The highest BCUT2D eigenvalue weighted by Gasteiger charge is 2.23. The maximum Gasteiger partial charge on any atom is 0.313 e. The minimum Gasteiger partial charge on any atom is -0.467 e. The zero-order valence-corrected chi connectivity index (χ0v) is 15.6. The van der Waals surface area contributed by atoms with Crippen LogP contribution in [0.15, 0.2) is 41.0 Å². The lowest BCUT2D eigenvalue weighted by Gasteiger charge is -2.19. The van der Waals surface area contributed by atoms with Crippen molar-refractivity contribution < 1.29 is 23.9 Å². The Kier molecular flexibility index (Phi) is 6.10. The van der Waals surface area contributed by atoms with Crippen LogP contribution in [0.4, 0.5) is 11.4 Å². The van der Waals surface area contributed by atoms with E-state index < -0.39 is 17.9 Å². The van der Waals surface area contributed by atoms with Crippen LogP contribution < -0.4 is 15.5 Å². The van der Waals surface area contributed by atoms with Crippen LogP contribution in [0, 0.1) is 6.92 Å². The molecule has 1 unspecified atom stereocenters. The predicted octanol–water partition coefficient (Wildman–Crippen LogP) is 1.89. The summed E-state index contributed by atoms with van der Waals surface area (Å²) in [5.41, 5.74) is 2.10.